The topological polar surface area (TPSA) is 231 Å². The Bertz CT molecular complexity index is 1230. The SMILES string of the molecule is CCC(C)C(N)C(=O)NC(CCCN=C(N)N)C(=O)NC(Cc1c[nH]c2ccccc12)C(=O)NC(CCSC)C(=O)O. The van der Waals surface area contributed by atoms with E-state index in [1.54, 1.807) is 6.20 Å². The lowest BCUT2D eigenvalue weighted by Crippen LogP contribution is -2.58. The van der Waals surface area contributed by atoms with Crippen LogP contribution >= 0.6 is 11.8 Å². The lowest BCUT2D eigenvalue weighted by molar-refractivity contribution is -0.142. The van der Waals surface area contributed by atoms with Crippen molar-refractivity contribution in [3.8, 4) is 0 Å². The number of thioether (sulfide) groups is 1. The Morgan fingerprint density at radius 2 is 1.64 bits per heavy atom. The van der Waals surface area contributed by atoms with Crippen molar-refractivity contribution in [1.29, 1.82) is 0 Å². The Labute approximate surface area is 250 Å². The molecule has 5 atom stereocenters. The number of benzene rings is 1. The molecule has 0 bridgehead atoms. The van der Waals surface area contributed by atoms with E-state index in [-0.39, 0.29) is 37.7 Å². The van der Waals surface area contributed by atoms with Crippen molar-refractivity contribution in [3.05, 3.63) is 36.0 Å². The zero-order valence-electron chi connectivity index (χ0n) is 24.4. The summed E-state index contributed by atoms with van der Waals surface area (Å²) in [6.07, 6.45) is 5.10. The van der Waals surface area contributed by atoms with Gasteiger partial charge in [-0.25, -0.2) is 4.79 Å². The van der Waals surface area contributed by atoms with Crippen molar-refractivity contribution in [1.82, 2.24) is 20.9 Å². The number of aromatic nitrogens is 1. The molecule has 0 aliphatic heterocycles. The van der Waals surface area contributed by atoms with Gasteiger partial charge >= 0.3 is 5.97 Å². The van der Waals surface area contributed by atoms with Crippen LogP contribution in [0.4, 0.5) is 0 Å². The van der Waals surface area contributed by atoms with Gasteiger partial charge in [-0.3, -0.25) is 19.4 Å². The number of nitrogens with one attached hydrogen (secondary N) is 4. The Hall–Kier alpha value is -3.78. The first kappa shape index (κ1) is 34.4. The van der Waals surface area contributed by atoms with Crippen molar-refractivity contribution in [2.45, 2.75) is 70.1 Å². The summed E-state index contributed by atoms with van der Waals surface area (Å²) >= 11 is 1.46. The molecule has 5 unspecified atom stereocenters. The number of aliphatic carboxylic acids is 1. The predicted octanol–water partition coefficient (Wildman–Crippen LogP) is 0.430. The van der Waals surface area contributed by atoms with Gasteiger partial charge in [-0.05, 0) is 48.8 Å². The van der Waals surface area contributed by atoms with Crippen LogP contribution in [0.25, 0.3) is 10.9 Å². The maximum atomic E-state index is 13.6. The molecule has 13 nitrogen and oxygen atoms in total. The van der Waals surface area contributed by atoms with Crippen LogP contribution < -0.4 is 33.2 Å². The fourth-order valence-corrected chi connectivity index (χ4v) is 4.79. The molecule has 11 N–H and O–H groups in total. The van der Waals surface area contributed by atoms with Crippen LogP contribution in [0.2, 0.25) is 0 Å². The summed E-state index contributed by atoms with van der Waals surface area (Å²) in [5, 5.41) is 18.6. The minimum absolute atomic E-state index is 0.0809. The van der Waals surface area contributed by atoms with E-state index in [0.29, 0.717) is 18.6 Å². The molecule has 1 aromatic heterocycles. The number of guanidine groups is 1. The van der Waals surface area contributed by atoms with Crippen molar-refractivity contribution < 1.29 is 24.3 Å². The molecule has 0 aliphatic rings. The summed E-state index contributed by atoms with van der Waals surface area (Å²) in [5.41, 5.74) is 18.5. The first-order valence-electron chi connectivity index (χ1n) is 14.0. The van der Waals surface area contributed by atoms with Gasteiger partial charge in [0.2, 0.25) is 17.7 Å². The molecule has 3 amide bonds. The average molecular weight is 605 g/mol. The molecule has 2 rings (SSSR count). The third-order valence-electron chi connectivity index (χ3n) is 7.10. The molecule has 232 valence electrons. The fourth-order valence-electron chi connectivity index (χ4n) is 4.32. The maximum absolute atomic E-state index is 13.6. The smallest absolute Gasteiger partial charge is 0.326 e. The second-order valence-electron chi connectivity index (χ2n) is 10.2. The number of H-pyrrole nitrogens is 1. The number of nitrogens with two attached hydrogens (primary N) is 3. The van der Waals surface area contributed by atoms with Gasteiger partial charge < -0.3 is 43.2 Å². The normalized spacial score (nSPS) is 14.7. The van der Waals surface area contributed by atoms with Crippen LogP contribution in [-0.4, -0.2) is 82.5 Å². The molecule has 0 aliphatic carbocycles. The van der Waals surface area contributed by atoms with Crippen LogP contribution in [0, 0.1) is 5.92 Å². The number of rotatable bonds is 18. The second-order valence-corrected chi connectivity index (χ2v) is 11.2. The Morgan fingerprint density at radius 3 is 2.29 bits per heavy atom. The van der Waals surface area contributed by atoms with Crippen molar-refractivity contribution in [2.75, 3.05) is 18.6 Å². The first-order chi connectivity index (χ1) is 20.0. The van der Waals surface area contributed by atoms with Gasteiger partial charge in [-0.1, -0.05) is 38.5 Å². The number of fused-ring (bicyclic) bond motifs is 1. The van der Waals surface area contributed by atoms with E-state index < -0.39 is 47.9 Å². The fraction of sp³-hybridized carbons (Fsp3) is 0.536. The Kier molecular flexibility index (Phi) is 14.1. The summed E-state index contributed by atoms with van der Waals surface area (Å²) in [5.74, 6) is -2.61. The van der Waals surface area contributed by atoms with Crippen LogP contribution in [-0.2, 0) is 25.6 Å². The third kappa shape index (κ3) is 10.6. The van der Waals surface area contributed by atoms with Crippen molar-refractivity contribution in [2.24, 2.45) is 28.1 Å². The highest BCUT2D eigenvalue weighted by Crippen LogP contribution is 2.19. The molecule has 0 saturated heterocycles. The molecule has 0 saturated carbocycles. The number of aromatic amines is 1. The van der Waals surface area contributed by atoms with Crippen molar-refractivity contribution in [3.63, 3.8) is 0 Å². The minimum Gasteiger partial charge on any atom is -0.480 e. The van der Waals surface area contributed by atoms with E-state index in [1.165, 1.54) is 11.8 Å². The zero-order chi connectivity index (χ0) is 31.2. The van der Waals surface area contributed by atoms with Gasteiger partial charge in [0, 0.05) is 30.1 Å². The second kappa shape index (κ2) is 17.2. The van der Waals surface area contributed by atoms with Crippen LogP contribution in [0.5, 0.6) is 0 Å². The molecule has 1 heterocycles. The summed E-state index contributed by atoms with van der Waals surface area (Å²) in [7, 11) is 0. The number of carbonyl (C=O) groups excluding carboxylic acids is 3. The average Bonchev–Trinajstić information content (AvgIpc) is 3.37. The largest absolute Gasteiger partial charge is 0.480 e. The molecule has 0 fully saturated rings. The van der Waals surface area contributed by atoms with E-state index >= 15 is 0 Å². The molecule has 42 heavy (non-hydrogen) atoms. The van der Waals surface area contributed by atoms with Crippen LogP contribution in [0.15, 0.2) is 35.5 Å². The number of carboxylic acid groups (broad SMARTS) is 1. The minimum atomic E-state index is -1.17. The molecular weight excluding hydrogens is 560 g/mol. The van der Waals surface area contributed by atoms with Gasteiger partial charge in [0.25, 0.3) is 0 Å². The number of hydrogen-bond acceptors (Lipinski definition) is 7. The number of amides is 3. The van der Waals surface area contributed by atoms with Crippen molar-refractivity contribution >= 4 is 52.3 Å². The van der Waals surface area contributed by atoms with E-state index in [4.69, 9.17) is 17.2 Å². The van der Waals surface area contributed by atoms with E-state index in [9.17, 15) is 24.3 Å². The zero-order valence-corrected chi connectivity index (χ0v) is 25.2. The Morgan fingerprint density at radius 1 is 1.00 bits per heavy atom. The number of carbonyl (C=O) groups is 4. The van der Waals surface area contributed by atoms with E-state index in [2.05, 4.69) is 25.9 Å². The molecule has 0 spiro atoms. The third-order valence-corrected chi connectivity index (χ3v) is 7.74. The highest BCUT2D eigenvalue weighted by molar-refractivity contribution is 7.98. The number of hydrogen-bond donors (Lipinski definition) is 8. The van der Waals surface area contributed by atoms with E-state index in [1.807, 2.05) is 44.4 Å². The molecular formula is C28H44N8O5S. The standard InChI is InChI=1S/C28H44N8O5S/c1-4-16(2)23(29)26(39)34-20(10-7-12-32-28(30)31)24(37)36-22(25(38)35-21(27(40)41)11-13-42-3)14-17-15-33-19-9-6-5-8-18(17)19/h5-6,8-9,15-16,20-23,33H,4,7,10-14,29H2,1-3H3,(H,34,39)(H,35,38)(H,36,37)(H,40,41)(H4,30,31,32). The molecule has 2 aromatic rings. The van der Waals surface area contributed by atoms with E-state index in [0.717, 1.165) is 16.5 Å². The van der Waals surface area contributed by atoms with Crippen LogP contribution in [0.3, 0.4) is 0 Å². The monoisotopic (exact) mass is 604 g/mol. The summed E-state index contributed by atoms with van der Waals surface area (Å²) < 4.78 is 0. The summed E-state index contributed by atoms with van der Waals surface area (Å²) in [4.78, 5) is 58.9. The van der Waals surface area contributed by atoms with Gasteiger partial charge in [0.1, 0.15) is 18.1 Å². The van der Waals surface area contributed by atoms with Gasteiger partial charge in [0.15, 0.2) is 5.96 Å². The molecule has 0 radical (unpaired) electrons. The molecule has 14 heteroatoms. The van der Waals surface area contributed by atoms with Crippen LogP contribution in [0.1, 0.15) is 45.1 Å². The maximum Gasteiger partial charge on any atom is 0.326 e. The quantitative estimate of drug-likeness (QED) is 0.0669. The summed E-state index contributed by atoms with van der Waals surface area (Å²) in [6, 6.07) is 3.38. The predicted molar refractivity (Wildman–Crippen MR) is 166 cm³/mol. The number of nitrogens with zero attached hydrogens (tertiary/aromatic N) is 1. The Balaban J connectivity index is 2.33. The number of aliphatic imine (C=N–C) groups is 1. The van der Waals surface area contributed by atoms with Gasteiger partial charge in [-0.15, -0.1) is 0 Å². The first-order valence-corrected chi connectivity index (χ1v) is 15.4. The lowest BCUT2D eigenvalue weighted by Gasteiger charge is -2.26. The number of para-hydroxylation sites is 1. The summed E-state index contributed by atoms with van der Waals surface area (Å²) in [6.45, 7) is 3.98. The van der Waals surface area contributed by atoms with Gasteiger partial charge in [-0.2, -0.15) is 11.8 Å². The lowest BCUT2D eigenvalue weighted by atomic mass is 9.98. The molecule has 1 aromatic carbocycles. The number of carboxylic acids is 1. The highest BCUT2D eigenvalue weighted by Gasteiger charge is 2.31. The van der Waals surface area contributed by atoms with Gasteiger partial charge in [0.05, 0.1) is 6.04 Å². The highest BCUT2D eigenvalue weighted by atomic mass is 32.2.